The molecule has 0 saturated heterocycles. The van der Waals surface area contributed by atoms with Crippen molar-refractivity contribution < 1.29 is 19.3 Å². The molecule has 0 fully saturated rings. The monoisotopic (exact) mass is 288 g/mol. The Balaban J connectivity index is 2.40. The third-order valence-electron chi connectivity index (χ3n) is 3.03. The first kappa shape index (κ1) is 15.2. The van der Waals surface area contributed by atoms with Crippen LogP contribution in [0.5, 0.6) is 23.0 Å². The van der Waals surface area contributed by atoms with Crippen molar-refractivity contribution in [2.75, 3.05) is 13.7 Å². The molecule has 0 unspecified atom stereocenters. The molecule has 0 heterocycles. The lowest BCUT2D eigenvalue weighted by Gasteiger charge is -2.17. The van der Waals surface area contributed by atoms with E-state index in [4.69, 9.17) is 14.2 Å². The Kier molecular flexibility index (Phi) is 5.06. The van der Waals surface area contributed by atoms with Crippen molar-refractivity contribution in [3.63, 3.8) is 0 Å². The highest BCUT2D eigenvalue weighted by molar-refractivity contribution is 5.50. The first-order valence-corrected chi connectivity index (χ1v) is 6.92. The Morgan fingerprint density at radius 2 is 1.57 bits per heavy atom. The maximum Gasteiger partial charge on any atom is 0.169 e. The summed E-state index contributed by atoms with van der Waals surface area (Å²) in [5.41, 5.74) is 0.617. The molecule has 0 radical (unpaired) electrons. The van der Waals surface area contributed by atoms with Gasteiger partial charge in [-0.15, -0.1) is 0 Å². The molecule has 2 aromatic rings. The zero-order chi connectivity index (χ0) is 15.2. The molecule has 2 aromatic carbocycles. The van der Waals surface area contributed by atoms with Gasteiger partial charge in [-0.3, -0.25) is 0 Å². The molecular weight excluding hydrogens is 268 g/mol. The van der Waals surface area contributed by atoms with Crippen LogP contribution in [0.1, 0.15) is 25.5 Å². The van der Waals surface area contributed by atoms with E-state index in [0.29, 0.717) is 35.2 Å². The lowest BCUT2D eigenvalue weighted by molar-refractivity contribution is 0.190. The smallest absolute Gasteiger partial charge is 0.169 e. The van der Waals surface area contributed by atoms with Crippen LogP contribution in [0.2, 0.25) is 0 Å². The molecule has 0 bridgehead atoms. The lowest BCUT2D eigenvalue weighted by Crippen LogP contribution is -2.01. The normalized spacial score (nSPS) is 11.8. The topological polar surface area (TPSA) is 47.9 Å². The van der Waals surface area contributed by atoms with Gasteiger partial charge in [-0.05, 0) is 38.1 Å². The Morgan fingerprint density at radius 1 is 0.952 bits per heavy atom. The first-order valence-electron chi connectivity index (χ1n) is 6.92. The van der Waals surface area contributed by atoms with Crippen LogP contribution in [0.15, 0.2) is 42.5 Å². The van der Waals surface area contributed by atoms with Crippen molar-refractivity contribution in [1.82, 2.24) is 0 Å². The number of ether oxygens (including phenoxy) is 3. The van der Waals surface area contributed by atoms with Crippen LogP contribution in [0.25, 0.3) is 0 Å². The molecule has 0 aliphatic heterocycles. The molecular formula is C17H20O4. The van der Waals surface area contributed by atoms with Crippen molar-refractivity contribution in [2.24, 2.45) is 0 Å². The summed E-state index contributed by atoms with van der Waals surface area (Å²) >= 11 is 0. The van der Waals surface area contributed by atoms with Crippen molar-refractivity contribution in [1.29, 1.82) is 0 Å². The highest BCUT2D eigenvalue weighted by atomic mass is 16.5. The molecule has 0 saturated carbocycles. The van der Waals surface area contributed by atoms with E-state index in [1.807, 2.05) is 37.3 Å². The fraction of sp³-hybridized carbons (Fsp3) is 0.294. The van der Waals surface area contributed by atoms with Gasteiger partial charge >= 0.3 is 0 Å². The fourth-order valence-corrected chi connectivity index (χ4v) is 2.13. The van der Waals surface area contributed by atoms with Gasteiger partial charge < -0.3 is 19.3 Å². The maximum atomic E-state index is 9.98. The van der Waals surface area contributed by atoms with Crippen LogP contribution in [-0.2, 0) is 0 Å². The second-order valence-corrected chi connectivity index (χ2v) is 4.53. The van der Waals surface area contributed by atoms with E-state index in [0.717, 1.165) is 0 Å². The third-order valence-corrected chi connectivity index (χ3v) is 3.03. The summed E-state index contributed by atoms with van der Waals surface area (Å²) in [7, 11) is 1.57. The molecule has 0 spiro atoms. The summed E-state index contributed by atoms with van der Waals surface area (Å²) in [5.74, 6) is 2.42. The molecule has 2 rings (SSSR count). The van der Waals surface area contributed by atoms with Gasteiger partial charge in [0.05, 0.1) is 25.4 Å². The number of benzene rings is 2. The number of rotatable bonds is 6. The standard InChI is InChI=1S/C17H20O4/c1-4-20-13-8-5-6-9-14(13)21-16-11-7-10-15(19-3)17(16)12(2)18/h5-12,18H,4H2,1-3H3/t12-/m1/s1. The van der Waals surface area contributed by atoms with Crippen LogP contribution in [0.4, 0.5) is 0 Å². The highest BCUT2D eigenvalue weighted by Gasteiger charge is 2.17. The average molecular weight is 288 g/mol. The van der Waals surface area contributed by atoms with Crippen LogP contribution >= 0.6 is 0 Å². The van der Waals surface area contributed by atoms with Gasteiger partial charge in [0, 0.05) is 0 Å². The Hall–Kier alpha value is -2.20. The summed E-state index contributed by atoms with van der Waals surface area (Å²) in [4.78, 5) is 0. The minimum atomic E-state index is -0.699. The predicted octanol–water partition coefficient (Wildman–Crippen LogP) is 3.94. The zero-order valence-electron chi connectivity index (χ0n) is 12.5. The van der Waals surface area contributed by atoms with Crippen molar-refractivity contribution in [3.05, 3.63) is 48.0 Å². The van der Waals surface area contributed by atoms with Gasteiger partial charge in [0.1, 0.15) is 11.5 Å². The van der Waals surface area contributed by atoms with Crippen LogP contribution in [0.3, 0.4) is 0 Å². The van der Waals surface area contributed by atoms with E-state index < -0.39 is 6.10 Å². The molecule has 1 N–H and O–H groups in total. The second kappa shape index (κ2) is 6.99. The summed E-state index contributed by atoms with van der Waals surface area (Å²) in [5, 5.41) is 9.98. The summed E-state index contributed by atoms with van der Waals surface area (Å²) < 4.78 is 16.8. The SMILES string of the molecule is CCOc1ccccc1Oc1cccc(OC)c1[C@@H](C)O. The second-order valence-electron chi connectivity index (χ2n) is 4.53. The van der Waals surface area contributed by atoms with Gasteiger partial charge in [-0.25, -0.2) is 0 Å². The van der Waals surface area contributed by atoms with Gasteiger partial charge in [0.15, 0.2) is 11.5 Å². The molecule has 21 heavy (non-hydrogen) atoms. The average Bonchev–Trinajstić information content (AvgIpc) is 2.49. The summed E-state index contributed by atoms with van der Waals surface area (Å²) in [6, 6.07) is 12.9. The zero-order valence-corrected chi connectivity index (χ0v) is 12.5. The van der Waals surface area contributed by atoms with Crippen LogP contribution < -0.4 is 14.2 Å². The van der Waals surface area contributed by atoms with Gasteiger partial charge in [-0.1, -0.05) is 18.2 Å². The number of para-hydroxylation sites is 2. The first-order chi connectivity index (χ1) is 10.2. The van der Waals surface area contributed by atoms with Gasteiger partial charge in [-0.2, -0.15) is 0 Å². The van der Waals surface area contributed by atoms with E-state index in [1.54, 1.807) is 26.2 Å². The van der Waals surface area contributed by atoms with Crippen molar-refractivity contribution in [3.8, 4) is 23.0 Å². The molecule has 112 valence electrons. The Labute approximate surface area is 124 Å². The molecule has 0 aliphatic rings. The van der Waals surface area contributed by atoms with Crippen molar-refractivity contribution >= 4 is 0 Å². The minimum absolute atomic E-state index is 0.552. The van der Waals surface area contributed by atoms with Gasteiger partial charge in [0.2, 0.25) is 0 Å². The molecule has 0 aromatic heterocycles. The van der Waals surface area contributed by atoms with Crippen LogP contribution in [-0.4, -0.2) is 18.8 Å². The molecule has 4 heteroatoms. The molecule has 0 amide bonds. The molecule has 4 nitrogen and oxygen atoms in total. The van der Waals surface area contributed by atoms with E-state index in [1.165, 1.54) is 0 Å². The van der Waals surface area contributed by atoms with E-state index >= 15 is 0 Å². The number of hydrogen-bond acceptors (Lipinski definition) is 4. The lowest BCUT2D eigenvalue weighted by atomic mass is 10.1. The van der Waals surface area contributed by atoms with Crippen molar-refractivity contribution in [2.45, 2.75) is 20.0 Å². The minimum Gasteiger partial charge on any atom is -0.496 e. The highest BCUT2D eigenvalue weighted by Crippen LogP contribution is 2.39. The summed E-state index contributed by atoms with van der Waals surface area (Å²) in [6.45, 7) is 4.16. The van der Waals surface area contributed by atoms with Crippen LogP contribution in [0, 0.1) is 0 Å². The van der Waals surface area contributed by atoms with E-state index in [9.17, 15) is 5.11 Å². The third kappa shape index (κ3) is 3.47. The van der Waals surface area contributed by atoms with Gasteiger partial charge in [0.25, 0.3) is 0 Å². The quantitative estimate of drug-likeness (QED) is 0.874. The number of hydrogen-bond donors (Lipinski definition) is 1. The Bertz CT molecular complexity index is 593. The Morgan fingerprint density at radius 3 is 2.19 bits per heavy atom. The predicted molar refractivity (Wildman–Crippen MR) is 81.3 cm³/mol. The fourth-order valence-electron chi connectivity index (χ4n) is 2.13. The number of aliphatic hydroxyl groups is 1. The largest absolute Gasteiger partial charge is 0.496 e. The number of methoxy groups -OCH3 is 1. The summed E-state index contributed by atoms with van der Waals surface area (Å²) in [6.07, 6.45) is -0.699. The molecule has 1 atom stereocenters. The maximum absolute atomic E-state index is 9.98. The molecule has 0 aliphatic carbocycles. The van der Waals surface area contributed by atoms with E-state index in [2.05, 4.69) is 0 Å². The number of aliphatic hydroxyl groups excluding tert-OH is 1. The van der Waals surface area contributed by atoms with E-state index in [-0.39, 0.29) is 0 Å².